The fraction of sp³-hybridized carbons (Fsp3) is 0.267. The van der Waals surface area contributed by atoms with Crippen LogP contribution in [0, 0.1) is 0 Å². The van der Waals surface area contributed by atoms with Crippen molar-refractivity contribution in [2.75, 3.05) is 18.0 Å². The lowest BCUT2D eigenvalue weighted by Gasteiger charge is -2.28. The Labute approximate surface area is 132 Å². The van der Waals surface area contributed by atoms with Crippen molar-refractivity contribution >= 4 is 51.8 Å². The van der Waals surface area contributed by atoms with Crippen molar-refractivity contribution in [3.8, 4) is 0 Å². The highest BCUT2D eigenvalue weighted by molar-refractivity contribution is 8.26. The molecule has 6 heteroatoms. The Balaban J connectivity index is 1.72. The van der Waals surface area contributed by atoms with Crippen LogP contribution in [0.3, 0.4) is 0 Å². The molecule has 1 amide bonds. The average molecular weight is 318 g/mol. The quantitative estimate of drug-likeness (QED) is 0.670. The lowest BCUT2D eigenvalue weighted by Crippen LogP contribution is -2.33. The van der Waals surface area contributed by atoms with Gasteiger partial charge in [0.15, 0.2) is 0 Å². The van der Waals surface area contributed by atoms with Gasteiger partial charge in [-0.2, -0.15) is 0 Å². The van der Waals surface area contributed by atoms with Gasteiger partial charge < -0.3 is 10.2 Å². The van der Waals surface area contributed by atoms with Crippen LogP contribution in [0.5, 0.6) is 0 Å². The minimum Gasteiger partial charge on any atom is -0.371 e. The second-order valence-corrected chi connectivity index (χ2v) is 6.69. The number of benzene rings is 1. The van der Waals surface area contributed by atoms with Crippen LogP contribution < -0.4 is 10.2 Å². The molecule has 0 spiro atoms. The number of rotatable bonds is 2. The third-order valence-electron chi connectivity index (χ3n) is 3.52. The highest BCUT2D eigenvalue weighted by Gasteiger charge is 2.22. The molecule has 2 heterocycles. The zero-order valence-corrected chi connectivity index (χ0v) is 12.9. The van der Waals surface area contributed by atoms with Crippen molar-refractivity contribution in [3.05, 3.63) is 34.7 Å². The maximum absolute atomic E-state index is 11.6. The second-order valence-electron chi connectivity index (χ2n) is 4.97. The molecule has 3 rings (SSSR count). The average Bonchev–Trinajstić information content (AvgIpc) is 2.79. The predicted molar refractivity (Wildman–Crippen MR) is 89.2 cm³/mol. The summed E-state index contributed by atoms with van der Waals surface area (Å²) < 4.78 is 0.501. The van der Waals surface area contributed by atoms with Gasteiger partial charge >= 0.3 is 0 Å². The van der Waals surface area contributed by atoms with Crippen LogP contribution >= 0.6 is 24.0 Å². The molecule has 2 aliphatic heterocycles. The smallest absolute Gasteiger partial charge is 0.263 e. The van der Waals surface area contributed by atoms with Crippen molar-refractivity contribution < 1.29 is 9.59 Å². The topological polar surface area (TPSA) is 49.4 Å². The summed E-state index contributed by atoms with van der Waals surface area (Å²) in [5, 5.41) is 2.60. The summed E-state index contributed by atoms with van der Waals surface area (Å²) in [6.45, 7) is 1.57. The Bertz CT molecular complexity index is 628. The predicted octanol–water partition coefficient (Wildman–Crippen LogP) is 2.34. The molecule has 2 aliphatic rings. The molecule has 1 N–H and O–H groups in total. The van der Waals surface area contributed by atoms with Crippen molar-refractivity contribution in [1.29, 1.82) is 0 Å². The Hall–Kier alpha value is -1.66. The number of carbonyl (C=O) groups is 2. The minimum atomic E-state index is -0.136. The molecule has 0 radical (unpaired) electrons. The first-order valence-corrected chi connectivity index (χ1v) is 7.96. The van der Waals surface area contributed by atoms with Gasteiger partial charge in [0.1, 0.15) is 10.1 Å². The molecule has 0 atom stereocenters. The third-order valence-corrected chi connectivity index (χ3v) is 4.68. The molecule has 1 aromatic carbocycles. The molecule has 4 nitrogen and oxygen atoms in total. The summed E-state index contributed by atoms with van der Waals surface area (Å²) in [6, 6.07) is 8.01. The summed E-state index contributed by atoms with van der Waals surface area (Å²) >= 11 is 6.25. The fourth-order valence-electron chi connectivity index (χ4n) is 2.37. The molecular formula is C15H14N2O2S2. The van der Waals surface area contributed by atoms with Crippen LogP contribution in [0.2, 0.25) is 0 Å². The first kappa shape index (κ1) is 14.3. The first-order valence-electron chi connectivity index (χ1n) is 6.73. The normalized spacial score (nSPS) is 21.0. The van der Waals surface area contributed by atoms with E-state index in [0.717, 1.165) is 24.3 Å². The Morgan fingerprint density at radius 3 is 2.38 bits per heavy atom. The van der Waals surface area contributed by atoms with E-state index in [4.69, 9.17) is 12.2 Å². The molecule has 2 fully saturated rings. The van der Waals surface area contributed by atoms with Gasteiger partial charge in [0.25, 0.3) is 5.91 Å². The van der Waals surface area contributed by atoms with E-state index >= 15 is 0 Å². The molecule has 0 unspecified atom stereocenters. The summed E-state index contributed by atoms with van der Waals surface area (Å²) in [6.07, 6.45) is 3.09. The van der Waals surface area contributed by atoms with Gasteiger partial charge in [-0.15, -0.1) is 0 Å². The molecule has 108 valence electrons. The zero-order valence-electron chi connectivity index (χ0n) is 11.3. The van der Waals surface area contributed by atoms with E-state index in [1.165, 1.54) is 11.8 Å². The van der Waals surface area contributed by atoms with Crippen LogP contribution in [-0.4, -0.2) is 29.1 Å². The number of Topliss-reactive ketones (excluding diaryl/α,β-unsaturated/α-hetero) is 1. The van der Waals surface area contributed by atoms with Crippen LogP contribution in [0.4, 0.5) is 5.69 Å². The van der Waals surface area contributed by atoms with Gasteiger partial charge in [-0.3, -0.25) is 9.59 Å². The number of nitrogens with one attached hydrogen (secondary N) is 1. The highest BCUT2D eigenvalue weighted by atomic mass is 32.2. The SMILES string of the molecule is O=C1CCN(c2ccc(C=C3SC(=S)NC3=O)cc2)CC1. The molecule has 0 saturated carbocycles. The summed E-state index contributed by atoms with van der Waals surface area (Å²) in [4.78, 5) is 25.7. The Kier molecular flexibility index (Phi) is 4.07. The number of nitrogens with zero attached hydrogens (tertiary/aromatic N) is 1. The van der Waals surface area contributed by atoms with Crippen LogP contribution in [0.15, 0.2) is 29.2 Å². The van der Waals surface area contributed by atoms with Gasteiger partial charge in [-0.05, 0) is 23.8 Å². The zero-order chi connectivity index (χ0) is 14.8. The number of carbonyl (C=O) groups excluding carboxylic acids is 2. The molecule has 21 heavy (non-hydrogen) atoms. The van der Waals surface area contributed by atoms with Crippen LogP contribution in [0.1, 0.15) is 18.4 Å². The van der Waals surface area contributed by atoms with Crippen molar-refractivity contribution in [1.82, 2.24) is 5.32 Å². The van der Waals surface area contributed by atoms with Gasteiger partial charge in [0, 0.05) is 31.6 Å². The molecule has 0 bridgehead atoms. The maximum atomic E-state index is 11.6. The number of piperidine rings is 1. The number of thioether (sulfide) groups is 1. The van der Waals surface area contributed by atoms with E-state index in [9.17, 15) is 9.59 Å². The molecule has 0 aliphatic carbocycles. The van der Waals surface area contributed by atoms with E-state index in [2.05, 4.69) is 10.2 Å². The number of amides is 1. The van der Waals surface area contributed by atoms with Gasteiger partial charge in [0.05, 0.1) is 4.91 Å². The number of anilines is 1. The molecule has 0 aromatic heterocycles. The largest absolute Gasteiger partial charge is 0.371 e. The monoisotopic (exact) mass is 318 g/mol. The lowest BCUT2D eigenvalue weighted by molar-refractivity contribution is -0.119. The molecule has 1 aromatic rings. The van der Waals surface area contributed by atoms with Crippen LogP contribution in [-0.2, 0) is 9.59 Å². The van der Waals surface area contributed by atoms with E-state index in [-0.39, 0.29) is 5.91 Å². The lowest BCUT2D eigenvalue weighted by atomic mass is 10.1. The van der Waals surface area contributed by atoms with E-state index < -0.39 is 0 Å². The number of ketones is 1. The third kappa shape index (κ3) is 3.33. The summed E-state index contributed by atoms with van der Waals surface area (Å²) in [5.74, 6) is 0.205. The van der Waals surface area contributed by atoms with Gasteiger partial charge in [0.2, 0.25) is 0 Å². The maximum Gasteiger partial charge on any atom is 0.263 e. The van der Waals surface area contributed by atoms with E-state index in [1.807, 2.05) is 30.3 Å². The molecule has 2 saturated heterocycles. The fourth-order valence-corrected chi connectivity index (χ4v) is 3.41. The molecular weight excluding hydrogens is 304 g/mol. The van der Waals surface area contributed by atoms with Gasteiger partial charge in [-0.25, -0.2) is 0 Å². The number of hydrogen-bond acceptors (Lipinski definition) is 5. The van der Waals surface area contributed by atoms with Crippen LogP contribution in [0.25, 0.3) is 6.08 Å². The van der Waals surface area contributed by atoms with Crippen molar-refractivity contribution in [3.63, 3.8) is 0 Å². The number of thiocarbonyl (C=S) groups is 1. The van der Waals surface area contributed by atoms with E-state index in [0.29, 0.717) is 27.9 Å². The summed E-state index contributed by atoms with van der Waals surface area (Å²) in [5.41, 5.74) is 2.08. The number of hydrogen-bond donors (Lipinski definition) is 1. The Morgan fingerprint density at radius 2 is 1.81 bits per heavy atom. The summed E-state index contributed by atoms with van der Waals surface area (Å²) in [7, 11) is 0. The van der Waals surface area contributed by atoms with Crippen molar-refractivity contribution in [2.24, 2.45) is 0 Å². The van der Waals surface area contributed by atoms with E-state index in [1.54, 1.807) is 0 Å². The van der Waals surface area contributed by atoms with Crippen molar-refractivity contribution in [2.45, 2.75) is 12.8 Å². The highest BCUT2D eigenvalue weighted by Crippen LogP contribution is 2.27. The Morgan fingerprint density at radius 1 is 1.14 bits per heavy atom. The van der Waals surface area contributed by atoms with Gasteiger partial charge in [-0.1, -0.05) is 36.1 Å². The second kappa shape index (κ2) is 5.99. The minimum absolute atomic E-state index is 0.136. The standard InChI is InChI=1S/C15H14N2O2S2/c18-12-5-7-17(8-6-12)11-3-1-10(2-4-11)9-13-14(19)16-15(20)21-13/h1-4,9H,5-8H2,(H,16,19,20). The first-order chi connectivity index (χ1) is 10.1.